The second-order valence-corrected chi connectivity index (χ2v) is 7.91. The molecule has 0 amide bonds. The number of hydrogen-bond donors (Lipinski definition) is 1. The first-order valence-corrected chi connectivity index (χ1v) is 8.58. The quantitative estimate of drug-likeness (QED) is 0.578. The topological polar surface area (TPSA) is 32.7 Å². The van der Waals surface area contributed by atoms with E-state index < -0.39 is 0 Å². The maximum atomic E-state index is 10.3. The lowest BCUT2D eigenvalue weighted by molar-refractivity contribution is 0.0549. The first kappa shape index (κ1) is 12.5. The van der Waals surface area contributed by atoms with Crippen molar-refractivity contribution in [1.82, 2.24) is 4.90 Å². The molecule has 0 saturated carbocycles. The Morgan fingerprint density at radius 1 is 1.38 bits per heavy atom. The Hall–Kier alpha value is -1.00. The second kappa shape index (κ2) is 3.66. The van der Waals surface area contributed by atoms with E-state index in [-0.39, 0.29) is 21.9 Å². The highest BCUT2D eigenvalue weighted by atomic mass is 79.9. The Bertz CT molecular complexity index is 688. The van der Waals surface area contributed by atoms with Gasteiger partial charge in [-0.25, -0.2) is 0 Å². The number of likely N-dealkylation sites (tertiary alicyclic amines) is 1. The number of benzene rings is 1. The molecule has 0 bridgehead atoms. The Balaban J connectivity index is 1.89. The van der Waals surface area contributed by atoms with Gasteiger partial charge in [0, 0.05) is 5.56 Å². The van der Waals surface area contributed by atoms with E-state index in [1.807, 2.05) is 0 Å². The van der Waals surface area contributed by atoms with Gasteiger partial charge in [0.05, 0.1) is 15.8 Å². The summed E-state index contributed by atoms with van der Waals surface area (Å²) >= 11 is 3.79. The molecule has 1 aromatic rings. The molecular weight excluding hydrogens is 330 g/mol. The summed E-state index contributed by atoms with van der Waals surface area (Å²) in [6.45, 7) is 1.08. The Morgan fingerprint density at radius 3 is 3.10 bits per heavy atom. The minimum Gasteiger partial charge on any atom is -0.504 e. The van der Waals surface area contributed by atoms with Gasteiger partial charge < -0.3 is 9.84 Å². The standard InChI is InChI=1S/C17H18BrNO2/c1-19-9-8-17-13-10-2-3-12(20)14(13)21-15(17)11(18)5-7-16(17,19)6-4-10/h2-3,5,7,11,15,20H,4,6,8-9H2,1H3. The first-order valence-electron chi connectivity index (χ1n) is 7.67. The van der Waals surface area contributed by atoms with Crippen molar-refractivity contribution >= 4 is 15.9 Å². The number of phenols is 1. The summed E-state index contributed by atoms with van der Waals surface area (Å²) in [4.78, 5) is 2.70. The highest BCUT2D eigenvalue weighted by molar-refractivity contribution is 9.09. The van der Waals surface area contributed by atoms with Gasteiger partial charge in [0.15, 0.2) is 11.5 Å². The molecule has 1 saturated heterocycles. The van der Waals surface area contributed by atoms with E-state index >= 15 is 0 Å². The van der Waals surface area contributed by atoms with Crippen molar-refractivity contribution < 1.29 is 9.84 Å². The Morgan fingerprint density at radius 2 is 2.24 bits per heavy atom. The zero-order chi connectivity index (χ0) is 14.4. The van der Waals surface area contributed by atoms with Gasteiger partial charge in [-0.2, -0.15) is 0 Å². The normalized spacial score (nSPS) is 42.6. The van der Waals surface area contributed by atoms with E-state index in [0.717, 1.165) is 31.6 Å². The van der Waals surface area contributed by atoms with E-state index in [0.29, 0.717) is 5.75 Å². The highest BCUT2D eigenvalue weighted by Crippen LogP contribution is 2.66. The van der Waals surface area contributed by atoms with Crippen LogP contribution in [0.5, 0.6) is 11.5 Å². The summed E-state index contributed by atoms with van der Waals surface area (Å²) < 4.78 is 6.32. The fourth-order valence-corrected chi connectivity index (χ4v) is 6.13. The van der Waals surface area contributed by atoms with Gasteiger partial charge >= 0.3 is 0 Å². The summed E-state index contributed by atoms with van der Waals surface area (Å²) in [5, 5.41) is 10.3. The van der Waals surface area contributed by atoms with E-state index in [2.05, 4.69) is 46.1 Å². The van der Waals surface area contributed by atoms with Gasteiger partial charge in [0.2, 0.25) is 0 Å². The fourth-order valence-electron chi connectivity index (χ4n) is 5.42. The fraction of sp³-hybridized carbons (Fsp3) is 0.529. The molecule has 4 unspecified atom stereocenters. The molecule has 1 fully saturated rings. The predicted octanol–water partition coefficient (Wildman–Crippen LogP) is 2.74. The largest absolute Gasteiger partial charge is 0.504 e. The predicted molar refractivity (Wildman–Crippen MR) is 84.4 cm³/mol. The number of hydrogen-bond acceptors (Lipinski definition) is 3. The molecule has 2 heterocycles. The van der Waals surface area contributed by atoms with Gasteiger partial charge in [-0.3, -0.25) is 4.90 Å². The van der Waals surface area contributed by atoms with Gasteiger partial charge in [-0.1, -0.05) is 34.1 Å². The average molecular weight is 348 g/mol. The van der Waals surface area contributed by atoms with Crippen molar-refractivity contribution in [1.29, 1.82) is 0 Å². The highest BCUT2D eigenvalue weighted by Gasteiger charge is 2.70. The maximum absolute atomic E-state index is 10.3. The van der Waals surface area contributed by atoms with Gasteiger partial charge in [0.25, 0.3) is 0 Å². The van der Waals surface area contributed by atoms with Gasteiger partial charge in [-0.15, -0.1) is 0 Å². The molecule has 2 aliphatic carbocycles. The zero-order valence-electron chi connectivity index (χ0n) is 12.0. The summed E-state index contributed by atoms with van der Waals surface area (Å²) in [5.74, 6) is 1.03. The molecule has 4 atom stereocenters. The number of alkyl halides is 1. The van der Waals surface area contributed by atoms with Crippen LogP contribution < -0.4 is 4.74 Å². The van der Waals surface area contributed by atoms with E-state index in [1.165, 1.54) is 11.1 Å². The van der Waals surface area contributed by atoms with Crippen molar-refractivity contribution in [2.24, 2.45) is 0 Å². The summed E-state index contributed by atoms with van der Waals surface area (Å²) in [5.41, 5.74) is 2.70. The molecule has 4 heteroatoms. The lowest BCUT2D eigenvalue weighted by Gasteiger charge is -2.53. The third-order valence-electron chi connectivity index (χ3n) is 6.32. The van der Waals surface area contributed by atoms with Crippen LogP contribution in [-0.4, -0.2) is 40.1 Å². The van der Waals surface area contributed by atoms with Crippen LogP contribution in [0, 0.1) is 0 Å². The molecule has 1 spiro atoms. The van der Waals surface area contributed by atoms with Crippen LogP contribution in [0.25, 0.3) is 0 Å². The van der Waals surface area contributed by atoms with Crippen LogP contribution in [-0.2, 0) is 11.8 Å². The van der Waals surface area contributed by atoms with Crippen molar-refractivity contribution in [2.75, 3.05) is 13.6 Å². The number of halogens is 1. The van der Waals surface area contributed by atoms with Crippen LogP contribution in [0.1, 0.15) is 24.0 Å². The van der Waals surface area contributed by atoms with Crippen LogP contribution in [0.15, 0.2) is 24.3 Å². The minimum absolute atomic E-state index is 0.00762. The van der Waals surface area contributed by atoms with Gasteiger partial charge in [0.1, 0.15) is 6.10 Å². The smallest absolute Gasteiger partial charge is 0.165 e. The maximum Gasteiger partial charge on any atom is 0.165 e. The van der Waals surface area contributed by atoms with E-state index in [4.69, 9.17) is 4.74 Å². The minimum atomic E-state index is -0.00762. The molecule has 2 aliphatic heterocycles. The average Bonchev–Trinajstić information content (AvgIpc) is 2.99. The molecule has 1 aromatic carbocycles. The number of likely N-dealkylation sites (N-methyl/N-ethyl adjacent to an activating group) is 1. The van der Waals surface area contributed by atoms with E-state index in [1.54, 1.807) is 6.07 Å². The molecule has 4 aliphatic rings. The number of aryl methyl sites for hydroxylation is 1. The van der Waals surface area contributed by atoms with Crippen LogP contribution in [0.4, 0.5) is 0 Å². The lowest BCUT2D eigenvalue weighted by Crippen LogP contribution is -2.64. The van der Waals surface area contributed by atoms with Gasteiger partial charge in [-0.05, 0) is 44.5 Å². The summed E-state index contributed by atoms with van der Waals surface area (Å²) in [6.07, 6.45) is 8.03. The Labute approximate surface area is 132 Å². The zero-order valence-corrected chi connectivity index (χ0v) is 13.6. The number of aromatic hydroxyl groups is 1. The van der Waals surface area contributed by atoms with Crippen molar-refractivity contribution in [2.45, 2.75) is 41.1 Å². The molecule has 3 nitrogen and oxygen atoms in total. The first-order chi connectivity index (χ1) is 10.1. The van der Waals surface area contributed by atoms with Crippen LogP contribution in [0.2, 0.25) is 0 Å². The van der Waals surface area contributed by atoms with Crippen molar-refractivity contribution in [3.63, 3.8) is 0 Å². The second-order valence-electron chi connectivity index (χ2n) is 6.86. The molecule has 0 radical (unpaired) electrons. The number of rotatable bonds is 0. The molecule has 1 N–H and O–H groups in total. The lowest BCUT2D eigenvalue weighted by atomic mass is 9.55. The third-order valence-corrected chi connectivity index (χ3v) is 7.10. The Kier molecular flexibility index (Phi) is 2.19. The SMILES string of the molecule is CN1CCC23c4c5ccc(O)c4OC2C(Br)C=CC13CC5. The molecule has 21 heavy (non-hydrogen) atoms. The van der Waals surface area contributed by atoms with E-state index in [9.17, 15) is 5.11 Å². The number of ether oxygens (including phenoxy) is 1. The number of nitrogens with zero attached hydrogens (tertiary/aromatic N) is 1. The van der Waals surface area contributed by atoms with Crippen molar-refractivity contribution in [3.8, 4) is 11.5 Å². The van der Waals surface area contributed by atoms with Crippen molar-refractivity contribution in [3.05, 3.63) is 35.4 Å². The van der Waals surface area contributed by atoms with Crippen LogP contribution >= 0.6 is 15.9 Å². The summed E-state index contributed by atoms with van der Waals surface area (Å²) in [7, 11) is 2.23. The summed E-state index contributed by atoms with van der Waals surface area (Å²) in [6, 6.07) is 3.89. The molecular formula is C17H18BrNO2. The van der Waals surface area contributed by atoms with Crippen LogP contribution in [0.3, 0.4) is 0 Å². The molecule has 5 rings (SSSR count). The molecule has 110 valence electrons. The third kappa shape index (κ3) is 1.15. The number of phenolic OH excluding ortho intramolecular Hbond substituents is 1. The molecule has 0 aromatic heterocycles. The monoisotopic (exact) mass is 347 g/mol.